The number of fused-ring (bicyclic) bond motifs is 1. The number of ether oxygens (including phenoxy) is 1. The second kappa shape index (κ2) is 6.74. The Balaban J connectivity index is 1.97. The number of nitrogen functional groups attached to an aromatic ring is 1. The molecule has 0 amide bonds. The van der Waals surface area contributed by atoms with Crippen molar-refractivity contribution in [3.05, 3.63) is 48.5 Å². The lowest BCUT2D eigenvalue weighted by atomic mass is 9.91. The van der Waals surface area contributed by atoms with Crippen molar-refractivity contribution >= 4 is 17.0 Å². The van der Waals surface area contributed by atoms with Gasteiger partial charge in [-0.05, 0) is 5.56 Å². The van der Waals surface area contributed by atoms with Gasteiger partial charge in [-0.3, -0.25) is 4.57 Å². The molecule has 11 nitrogen and oxygen atoms in total. The molecular formula is C17H19N5O6. The van der Waals surface area contributed by atoms with E-state index in [-0.39, 0.29) is 23.4 Å². The van der Waals surface area contributed by atoms with Gasteiger partial charge in [0.2, 0.25) is 5.72 Å². The minimum atomic E-state index is -2.65. The molecule has 4 rings (SSSR count). The average molecular weight is 389 g/mol. The van der Waals surface area contributed by atoms with Crippen molar-refractivity contribution in [1.82, 2.24) is 19.5 Å². The summed E-state index contributed by atoms with van der Waals surface area (Å²) in [6.07, 6.45) is -0.594. The summed E-state index contributed by atoms with van der Waals surface area (Å²) in [7, 11) is 0. The maximum absolute atomic E-state index is 11.2. The normalized spacial score (nSPS) is 30.1. The van der Waals surface area contributed by atoms with Gasteiger partial charge in [-0.15, -0.1) is 0 Å². The third kappa shape index (κ3) is 2.49. The van der Waals surface area contributed by atoms with Gasteiger partial charge in [-0.1, -0.05) is 30.3 Å². The highest BCUT2D eigenvalue weighted by Gasteiger charge is 2.69. The molecule has 1 fully saturated rings. The van der Waals surface area contributed by atoms with E-state index in [1.54, 1.807) is 24.3 Å². The molecule has 2 aromatic heterocycles. The van der Waals surface area contributed by atoms with Gasteiger partial charge in [-0.25, -0.2) is 20.2 Å². The molecule has 0 saturated carbocycles. The maximum atomic E-state index is 11.2. The van der Waals surface area contributed by atoms with Gasteiger partial charge in [0.05, 0.1) is 12.9 Å². The highest BCUT2D eigenvalue weighted by molar-refractivity contribution is 5.81. The third-order valence-corrected chi connectivity index (χ3v) is 5.02. The molecule has 3 aromatic rings. The molecule has 1 aromatic carbocycles. The van der Waals surface area contributed by atoms with E-state index in [0.717, 1.165) is 0 Å². The number of hydrogen-bond acceptors (Lipinski definition) is 10. The van der Waals surface area contributed by atoms with Crippen molar-refractivity contribution in [2.24, 2.45) is 0 Å². The van der Waals surface area contributed by atoms with Crippen LogP contribution < -0.4 is 5.73 Å². The molecule has 1 saturated heterocycles. The first kappa shape index (κ1) is 18.7. The first-order chi connectivity index (χ1) is 13.5. The number of benzene rings is 1. The summed E-state index contributed by atoms with van der Waals surface area (Å²) in [6.45, 7) is -0.632. The zero-order chi connectivity index (χ0) is 19.9. The van der Waals surface area contributed by atoms with Crippen molar-refractivity contribution in [1.29, 1.82) is 0 Å². The van der Waals surface area contributed by atoms with E-state index in [0.29, 0.717) is 5.56 Å². The molecule has 1 aliphatic rings. The molecule has 0 spiro atoms. The second-order valence-corrected chi connectivity index (χ2v) is 6.56. The first-order valence-corrected chi connectivity index (χ1v) is 8.46. The highest BCUT2D eigenvalue weighted by atomic mass is 17.1. The van der Waals surface area contributed by atoms with Crippen LogP contribution in [0.4, 0.5) is 5.82 Å². The first-order valence-electron chi connectivity index (χ1n) is 8.46. The molecule has 28 heavy (non-hydrogen) atoms. The van der Waals surface area contributed by atoms with Gasteiger partial charge < -0.3 is 25.8 Å². The third-order valence-electron chi connectivity index (χ3n) is 5.02. The minimum Gasteiger partial charge on any atom is -0.394 e. The van der Waals surface area contributed by atoms with Crippen LogP contribution in [0.2, 0.25) is 0 Å². The number of aliphatic hydroxyl groups is 3. The van der Waals surface area contributed by atoms with E-state index in [9.17, 15) is 20.6 Å². The fourth-order valence-corrected chi connectivity index (χ4v) is 3.62. The number of aromatic nitrogens is 4. The summed E-state index contributed by atoms with van der Waals surface area (Å²) in [5.41, 5.74) is 5.03. The Kier molecular flexibility index (Phi) is 4.50. The molecule has 0 radical (unpaired) electrons. The summed E-state index contributed by atoms with van der Waals surface area (Å²) >= 11 is 0. The van der Waals surface area contributed by atoms with Crippen molar-refractivity contribution in [2.75, 3.05) is 12.3 Å². The van der Waals surface area contributed by atoms with Crippen LogP contribution in [-0.4, -0.2) is 64.7 Å². The minimum absolute atomic E-state index is 0.0617. The zero-order valence-electron chi connectivity index (χ0n) is 14.6. The molecule has 148 valence electrons. The van der Waals surface area contributed by atoms with Crippen LogP contribution in [0.3, 0.4) is 0 Å². The molecule has 6 N–H and O–H groups in total. The Hall–Kier alpha value is -2.67. The predicted molar refractivity (Wildman–Crippen MR) is 94.5 cm³/mol. The Labute approximate surface area is 158 Å². The number of nitrogens with zero attached hydrogens (tertiary/aromatic N) is 4. The van der Waals surface area contributed by atoms with Crippen LogP contribution in [0.15, 0.2) is 43.0 Å². The highest BCUT2D eigenvalue weighted by Crippen LogP contribution is 2.47. The van der Waals surface area contributed by atoms with Crippen LogP contribution in [0.25, 0.3) is 11.2 Å². The molecule has 1 aliphatic heterocycles. The van der Waals surface area contributed by atoms with Gasteiger partial charge in [0.1, 0.15) is 24.1 Å². The lowest BCUT2D eigenvalue weighted by Gasteiger charge is -2.39. The Morgan fingerprint density at radius 1 is 1.21 bits per heavy atom. The van der Waals surface area contributed by atoms with Crippen LogP contribution in [0, 0.1) is 0 Å². The number of nitrogens with two attached hydrogens (primary N) is 1. The van der Waals surface area contributed by atoms with E-state index in [2.05, 4.69) is 19.8 Å². The predicted octanol–water partition coefficient (Wildman–Crippen LogP) is -0.766. The van der Waals surface area contributed by atoms with E-state index in [4.69, 9.17) is 10.5 Å². The lowest BCUT2D eigenvalue weighted by Crippen LogP contribution is -2.60. The largest absolute Gasteiger partial charge is 0.394 e. The van der Waals surface area contributed by atoms with E-state index in [1.807, 2.05) is 6.07 Å². The SMILES string of the molecule is Nc1ncnc2c1ncn2[C@]1(Cc2ccccc2)O[C@H](CO)[C@@H](O)[C@@]1(O)OO. The number of imidazole rings is 1. The summed E-state index contributed by atoms with van der Waals surface area (Å²) < 4.78 is 7.21. The molecular weight excluding hydrogens is 370 g/mol. The maximum Gasteiger partial charge on any atom is 0.276 e. The molecule has 0 unspecified atom stereocenters. The van der Waals surface area contributed by atoms with Gasteiger partial charge >= 0.3 is 0 Å². The van der Waals surface area contributed by atoms with Crippen LogP contribution in [-0.2, 0) is 21.8 Å². The van der Waals surface area contributed by atoms with Gasteiger partial charge in [0.15, 0.2) is 11.5 Å². The van der Waals surface area contributed by atoms with Crippen LogP contribution in [0.1, 0.15) is 5.56 Å². The Morgan fingerprint density at radius 2 is 1.96 bits per heavy atom. The number of anilines is 1. The topological polar surface area (TPSA) is 169 Å². The summed E-state index contributed by atoms with van der Waals surface area (Å²) in [5, 5.41) is 40.9. The van der Waals surface area contributed by atoms with E-state index < -0.39 is 30.3 Å². The molecule has 3 heterocycles. The van der Waals surface area contributed by atoms with Crippen molar-refractivity contribution in [3.8, 4) is 0 Å². The van der Waals surface area contributed by atoms with Gasteiger partial charge in [0, 0.05) is 6.42 Å². The van der Waals surface area contributed by atoms with Crippen molar-refractivity contribution in [2.45, 2.75) is 30.1 Å². The number of rotatable bonds is 5. The van der Waals surface area contributed by atoms with Gasteiger partial charge in [0.25, 0.3) is 5.79 Å². The Bertz CT molecular complexity index is 985. The van der Waals surface area contributed by atoms with E-state index >= 15 is 0 Å². The van der Waals surface area contributed by atoms with Crippen LogP contribution >= 0.6 is 0 Å². The Morgan fingerprint density at radius 3 is 2.64 bits per heavy atom. The monoisotopic (exact) mass is 389 g/mol. The van der Waals surface area contributed by atoms with Crippen LogP contribution in [0.5, 0.6) is 0 Å². The molecule has 11 heteroatoms. The van der Waals surface area contributed by atoms with E-state index in [1.165, 1.54) is 17.2 Å². The quantitative estimate of drug-likeness (QED) is 0.212. The molecule has 0 aliphatic carbocycles. The molecule has 4 atom stereocenters. The smallest absolute Gasteiger partial charge is 0.276 e. The lowest BCUT2D eigenvalue weighted by molar-refractivity contribution is -0.448. The summed E-state index contributed by atoms with van der Waals surface area (Å²) in [4.78, 5) is 16.6. The average Bonchev–Trinajstić information content (AvgIpc) is 3.24. The second-order valence-electron chi connectivity index (χ2n) is 6.56. The number of aliphatic hydroxyl groups excluding tert-OH is 2. The fraction of sp³-hybridized carbons (Fsp3) is 0.353. The van der Waals surface area contributed by atoms with Gasteiger partial charge in [-0.2, -0.15) is 4.89 Å². The molecule has 0 bridgehead atoms. The van der Waals surface area contributed by atoms with Crippen molar-refractivity contribution in [3.63, 3.8) is 0 Å². The number of hydrogen-bond donors (Lipinski definition) is 5. The zero-order valence-corrected chi connectivity index (χ0v) is 14.6. The van der Waals surface area contributed by atoms with Crippen molar-refractivity contribution < 1.29 is 30.2 Å². The summed E-state index contributed by atoms with van der Waals surface area (Å²) in [5.74, 6) is -2.55. The fourth-order valence-electron chi connectivity index (χ4n) is 3.62. The standard InChI is InChI=1S/C17H19N5O6/c18-14-12-15(20-8-19-14)22(9-21-12)16(6-10-4-2-1-3-5-10)17(25,28-26)13(24)11(7-23)27-16/h1-5,8-9,11,13,23-26H,6-7H2,(H2,18,19,20)/t11-,13-,16-,17-/m1/s1. The summed E-state index contributed by atoms with van der Waals surface area (Å²) in [6, 6.07) is 8.91.